The van der Waals surface area contributed by atoms with Crippen LogP contribution in [0, 0.1) is 17.3 Å². The summed E-state index contributed by atoms with van der Waals surface area (Å²) in [5, 5.41) is 4.36. The first kappa shape index (κ1) is 16.0. The average molecular weight is 342 g/mol. The predicted molar refractivity (Wildman–Crippen MR) is 87.1 cm³/mol. The van der Waals surface area contributed by atoms with Crippen LogP contribution in [-0.2, 0) is 6.42 Å². The highest BCUT2D eigenvalue weighted by Gasteiger charge is 2.35. The molecule has 1 heterocycles. The fourth-order valence-electron chi connectivity index (χ4n) is 3.31. The Labute approximate surface area is 131 Å². The van der Waals surface area contributed by atoms with E-state index >= 15 is 0 Å². The Morgan fingerprint density at radius 2 is 2.05 bits per heavy atom. The highest BCUT2D eigenvalue weighted by Crippen LogP contribution is 2.43. The van der Waals surface area contributed by atoms with E-state index in [9.17, 15) is 0 Å². The van der Waals surface area contributed by atoms with E-state index in [2.05, 4.69) is 65.3 Å². The van der Waals surface area contributed by atoms with E-state index in [0.29, 0.717) is 22.2 Å². The maximum absolute atomic E-state index is 4.48. The Hall–Kier alpha value is -0.380. The first-order valence-electron chi connectivity index (χ1n) is 7.81. The smallest absolute Gasteiger partial charge is 0.138 e. The molecular weight excluding hydrogens is 314 g/mol. The van der Waals surface area contributed by atoms with Gasteiger partial charge in [0.05, 0.1) is 0 Å². The van der Waals surface area contributed by atoms with E-state index in [4.69, 9.17) is 0 Å². The molecule has 0 amide bonds. The van der Waals surface area contributed by atoms with Crippen molar-refractivity contribution in [1.29, 1.82) is 0 Å². The Bertz CT molecular complexity index is 433. The van der Waals surface area contributed by atoms with Gasteiger partial charge in [-0.2, -0.15) is 5.10 Å². The standard InChI is InChI=1S/C16H28BrN3/c1-11(2)20-15(18-10-19-20)9-12-8-13(16(3,4)5)6-7-14(12)17/h10-14H,6-9H2,1-5H3. The van der Waals surface area contributed by atoms with Crippen LogP contribution in [-0.4, -0.2) is 19.6 Å². The van der Waals surface area contributed by atoms with Crippen LogP contribution in [0.15, 0.2) is 6.33 Å². The van der Waals surface area contributed by atoms with Gasteiger partial charge in [0.1, 0.15) is 12.2 Å². The number of halogens is 1. The summed E-state index contributed by atoms with van der Waals surface area (Å²) in [7, 11) is 0. The molecule has 0 aromatic carbocycles. The van der Waals surface area contributed by atoms with Crippen molar-refractivity contribution in [3.63, 3.8) is 0 Å². The molecule has 0 N–H and O–H groups in total. The summed E-state index contributed by atoms with van der Waals surface area (Å²) in [6, 6.07) is 0.392. The lowest BCUT2D eigenvalue weighted by molar-refractivity contribution is 0.145. The molecule has 0 aliphatic heterocycles. The van der Waals surface area contributed by atoms with Crippen LogP contribution in [0.5, 0.6) is 0 Å². The van der Waals surface area contributed by atoms with Gasteiger partial charge < -0.3 is 0 Å². The highest BCUT2D eigenvalue weighted by atomic mass is 79.9. The summed E-state index contributed by atoms with van der Waals surface area (Å²) < 4.78 is 2.07. The molecule has 0 radical (unpaired) electrons. The largest absolute Gasteiger partial charge is 0.248 e. The van der Waals surface area contributed by atoms with Crippen molar-refractivity contribution in [2.75, 3.05) is 0 Å². The normalized spacial score (nSPS) is 28.1. The summed E-state index contributed by atoms with van der Waals surface area (Å²) in [4.78, 5) is 5.11. The lowest BCUT2D eigenvalue weighted by Gasteiger charge is -2.40. The van der Waals surface area contributed by atoms with Crippen LogP contribution in [0.25, 0.3) is 0 Å². The van der Waals surface area contributed by atoms with Crippen LogP contribution >= 0.6 is 15.9 Å². The molecule has 3 atom stereocenters. The van der Waals surface area contributed by atoms with E-state index in [1.165, 1.54) is 19.3 Å². The van der Waals surface area contributed by atoms with Gasteiger partial charge in [-0.25, -0.2) is 9.67 Å². The maximum Gasteiger partial charge on any atom is 0.138 e. The van der Waals surface area contributed by atoms with Gasteiger partial charge in [-0.1, -0.05) is 36.7 Å². The molecule has 1 aliphatic carbocycles. The summed E-state index contributed by atoms with van der Waals surface area (Å²) in [5.41, 5.74) is 0.414. The third-order valence-corrected chi connectivity index (χ3v) is 5.90. The fraction of sp³-hybridized carbons (Fsp3) is 0.875. The van der Waals surface area contributed by atoms with Gasteiger partial charge in [-0.15, -0.1) is 0 Å². The fourth-order valence-corrected chi connectivity index (χ4v) is 3.98. The van der Waals surface area contributed by atoms with Gasteiger partial charge in [-0.3, -0.25) is 0 Å². The predicted octanol–water partition coefficient (Wildman–Crippen LogP) is 4.63. The SMILES string of the molecule is CC(C)n1ncnc1CC1CC(C(C)(C)C)CCC1Br. The van der Waals surface area contributed by atoms with Crippen molar-refractivity contribution in [2.45, 2.75) is 71.2 Å². The summed E-state index contributed by atoms with van der Waals surface area (Å²) in [6.07, 6.45) is 6.66. The van der Waals surface area contributed by atoms with Gasteiger partial charge in [-0.05, 0) is 50.4 Å². The van der Waals surface area contributed by atoms with Gasteiger partial charge in [0.2, 0.25) is 0 Å². The number of aromatic nitrogens is 3. The minimum atomic E-state index is 0.392. The zero-order chi connectivity index (χ0) is 14.9. The van der Waals surface area contributed by atoms with Crippen molar-refractivity contribution in [1.82, 2.24) is 14.8 Å². The number of nitrogens with zero attached hydrogens (tertiary/aromatic N) is 3. The Kier molecular flexibility index (Phi) is 4.93. The molecule has 1 saturated carbocycles. The van der Waals surface area contributed by atoms with Crippen molar-refractivity contribution in [2.24, 2.45) is 17.3 Å². The third-order valence-electron chi connectivity index (χ3n) is 4.70. The van der Waals surface area contributed by atoms with Crippen molar-refractivity contribution in [3.05, 3.63) is 12.2 Å². The van der Waals surface area contributed by atoms with Crippen molar-refractivity contribution in [3.8, 4) is 0 Å². The van der Waals surface area contributed by atoms with Crippen LogP contribution in [0.1, 0.15) is 65.7 Å². The number of hydrogen-bond donors (Lipinski definition) is 0. The number of alkyl halides is 1. The van der Waals surface area contributed by atoms with Crippen LogP contribution in [0.2, 0.25) is 0 Å². The molecule has 114 valence electrons. The number of rotatable bonds is 3. The second-order valence-corrected chi connectivity index (χ2v) is 8.75. The molecule has 3 unspecified atom stereocenters. The Balaban J connectivity index is 2.08. The molecule has 4 heteroatoms. The second-order valence-electron chi connectivity index (χ2n) is 7.57. The summed E-state index contributed by atoms with van der Waals surface area (Å²) >= 11 is 3.90. The zero-order valence-electron chi connectivity index (χ0n) is 13.4. The minimum Gasteiger partial charge on any atom is -0.248 e. The van der Waals surface area contributed by atoms with E-state index in [-0.39, 0.29) is 0 Å². The Morgan fingerprint density at radius 1 is 1.35 bits per heavy atom. The van der Waals surface area contributed by atoms with E-state index in [1.54, 1.807) is 6.33 Å². The molecule has 1 aliphatic rings. The van der Waals surface area contributed by atoms with E-state index in [1.807, 2.05) is 0 Å². The van der Waals surface area contributed by atoms with E-state index < -0.39 is 0 Å². The average Bonchev–Trinajstić information content (AvgIpc) is 2.78. The first-order chi connectivity index (χ1) is 9.29. The first-order valence-corrected chi connectivity index (χ1v) is 8.73. The second kappa shape index (κ2) is 6.17. The van der Waals surface area contributed by atoms with Gasteiger partial charge in [0.15, 0.2) is 0 Å². The lowest BCUT2D eigenvalue weighted by atomic mass is 9.68. The molecule has 0 spiro atoms. The number of hydrogen-bond acceptors (Lipinski definition) is 2. The van der Waals surface area contributed by atoms with Crippen LogP contribution in [0.3, 0.4) is 0 Å². The molecule has 2 rings (SSSR count). The van der Waals surface area contributed by atoms with Gasteiger partial charge >= 0.3 is 0 Å². The topological polar surface area (TPSA) is 30.7 Å². The molecule has 1 aromatic heterocycles. The maximum atomic E-state index is 4.48. The van der Waals surface area contributed by atoms with Gasteiger partial charge in [0, 0.05) is 17.3 Å². The van der Waals surface area contributed by atoms with Crippen LogP contribution in [0.4, 0.5) is 0 Å². The summed E-state index contributed by atoms with van der Waals surface area (Å²) in [5.74, 6) is 2.63. The monoisotopic (exact) mass is 341 g/mol. The molecular formula is C16H28BrN3. The molecule has 3 nitrogen and oxygen atoms in total. The molecule has 1 aromatic rings. The molecule has 0 saturated heterocycles. The highest BCUT2D eigenvalue weighted by molar-refractivity contribution is 9.09. The minimum absolute atomic E-state index is 0.392. The van der Waals surface area contributed by atoms with Gasteiger partial charge in [0.25, 0.3) is 0 Å². The summed E-state index contributed by atoms with van der Waals surface area (Å²) in [6.45, 7) is 11.5. The lowest BCUT2D eigenvalue weighted by Crippen LogP contribution is -2.33. The molecule has 20 heavy (non-hydrogen) atoms. The third kappa shape index (κ3) is 3.63. The zero-order valence-corrected chi connectivity index (χ0v) is 15.0. The Morgan fingerprint density at radius 3 is 2.65 bits per heavy atom. The molecule has 1 fully saturated rings. The van der Waals surface area contributed by atoms with Crippen LogP contribution < -0.4 is 0 Å². The van der Waals surface area contributed by atoms with Crippen molar-refractivity contribution >= 4 is 15.9 Å². The molecule has 0 bridgehead atoms. The quantitative estimate of drug-likeness (QED) is 0.750. The van der Waals surface area contributed by atoms with E-state index in [0.717, 1.165) is 18.2 Å². The van der Waals surface area contributed by atoms with Crippen molar-refractivity contribution < 1.29 is 0 Å².